The molecule has 0 aliphatic rings. The molecule has 18 heavy (non-hydrogen) atoms. The van der Waals surface area contributed by atoms with Crippen LogP contribution in [0.5, 0.6) is 0 Å². The van der Waals surface area contributed by atoms with Gasteiger partial charge in [0.25, 0.3) is 0 Å². The van der Waals surface area contributed by atoms with Crippen LogP contribution in [-0.2, 0) is 0 Å². The second-order valence-electron chi connectivity index (χ2n) is 4.43. The van der Waals surface area contributed by atoms with E-state index >= 15 is 0 Å². The lowest BCUT2D eigenvalue weighted by atomic mass is 9.98. The van der Waals surface area contributed by atoms with Crippen LogP contribution >= 0.6 is 0 Å². The van der Waals surface area contributed by atoms with Gasteiger partial charge in [0.1, 0.15) is 11.5 Å². The molecule has 4 nitrogen and oxygen atoms in total. The van der Waals surface area contributed by atoms with Gasteiger partial charge in [0.15, 0.2) is 0 Å². The average Bonchev–Trinajstić information content (AvgIpc) is 2.61. The summed E-state index contributed by atoms with van der Waals surface area (Å²) in [5.41, 5.74) is 4.50. The summed E-state index contributed by atoms with van der Waals surface area (Å²) in [5.74, 6) is -0.418. The molecule has 6 heteroatoms. The average molecular weight is 252 g/mol. The molecule has 0 bridgehead atoms. The molecule has 2 rings (SSSR count). The molecule has 0 aliphatic heterocycles. The summed E-state index contributed by atoms with van der Waals surface area (Å²) in [5, 5.41) is 7.13. The van der Waals surface area contributed by atoms with Crippen LogP contribution in [0.4, 0.5) is 14.8 Å². The van der Waals surface area contributed by atoms with Gasteiger partial charge in [-0.05, 0) is 37.6 Å². The highest BCUT2D eigenvalue weighted by atomic mass is 19.1. The van der Waals surface area contributed by atoms with E-state index in [1.54, 1.807) is 6.07 Å². The zero-order chi connectivity index (χ0) is 13.3. The number of nitrogen functional groups attached to an aromatic ring is 1. The molecule has 95 valence electrons. The highest BCUT2D eigenvalue weighted by Crippen LogP contribution is 2.25. The van der Waals surface area contributed by atoms with Crippen LogP contribution in [0.25, 0.3) is 11.5 Å². The molecule has 1 aromatic carbocycles. The molecule has 0 saturated heterocycles. The maximum atomic E-state index is 13.5. The van der Waals surface area contributed by atoms with E-state index in [4.69, 9.17) is 10.2 Å². The topological polar surface area (TPSA) is 64.9 Å². The van der Waals surface area contributed by atoms with Gasteiger partial charge in [-0.25, -0.2) is 8.78 Å². The van der Waals surface area contributed by atoms with Crippen molar-refractivity contribution in [3.05, 3.63) is 36.0 Å². The Labute approximate surface area is 103 Å². The summed E-state index contributed by atoms with van der Waals surface area (Å²) in [4.78, 5) is 0. The first-order chi connectivity index (χ1) is 8.33. The normalized spacial score (nSPS) is 11.8. The first kappa shape index (κ1) is 12.5. The Balaban J connectivity index is 2.38. The summed E-state index contributed by atoms with van der Waals surface area (Å²) in [6.07, 6.45) is 1.30. The number of hydrogen-bond acceptors (Lipinski definition) is 4. The third-order valence-corrected chi connectivity index (χ3v) is 2.12. The molecule has 0 fully saturated rings. The van der Waals surface area contributed by atoms with E-state index in [1.807, 2.05) is 0 Å². The molecular weight excluding hydrogens is 240 g/mol. The van der Waals surface area contributed by atoms with Crippen LogP contribution in [0.1, 0.15) is 19.4 Å². The van der Waals surface area contributed by atoms with Crippen molar-refractivity contribution in [3.8, 4) is 11.5 Å². The second-order valence-corrected chi connectivity index (χ2v) is 4.43. The molecule has 1 radical (unpaired) electrons. The van der Waals surface area contributed by atoms with Crippen LogP contribution in [0.3, 0.4) is 0 Å². The van der Waals surface area contributed by atoms with Gasteiger partial charge in [0.05, 0.1) is 0 Å². The quantitative estimate of drug-likeness (QED) is 0.912. The van der Waals surface area contributed by atoms with Crippen LogP contribution in [0.15, 0.2) is 22.6 Å². The summed E-state index contributed by atoms with van der Waals surface area (Å²) in [7, 11) is 0. The minimum Gasteiger partial charge on any atom is -0.404 e. The standard InChI is InChI=1S/C12H12F2N3O/c1-12(2,14)6-7-3-8(5-9(13)4-7)10-16-17-11(15)18-10/h3-6H,1-2H3,(H2,15,17). The summed E-state index contributed by atoms with van der Waals surface area (Å²) in [6.45, 7) is 2.75. The van der Waals surface area contributed by atoms with E-state index in [1.165, 1.54) is 32.4 Å². The molecule has 0 unspecified atom stereocenters. The highest BCUT2D eigenvalue weighted by Gasteiger charge is 2.18. The van der Waals surface area contributed by atoms with Gasteiger partial charge >= 0.3 is 6.01 Å². The fourth-order valence-electron chi connectivity index (χ4n) is 1.57. The predicted octanol–water partition coefficient (Wildman–Crippen LogP) is 2.76. The third kappa shape index (κ3) is 3.03. The van der Waals surface area contributed by atoms with E-state index in [0.717, 1.165) is 0 Å². The number of nitrogens with zero attached hydrogens (tertiary/aromatic N) is 2. The van der Waals surface area contributed by atoms with Gasteiger partial charge < -0.3 is 10.2 Å². The minimum absolute atomic E-state index is 0.0957. The molecule has 0 saturated carbocycles. The number of anilines is 1. The maximum Gasteiger partial charge on any atom is 0.313 e. The predicted molar refractivity (Wildman–Crippen MR) is 62.7 cm³/mol. The smallest absolute Gasteiger partial charge is 0.313 e. The number of nitrogens with two attached hydrogens (primary N) is 1. The van der Waals surface area contributed by atoms with Crippen molar-refractivity contribution in [2.45, 2.75) is 19.5 Å². The zero-order valence-corrected chi connectivity index (χ0v) is 9.95. The summed E-state index contributed by atoms with van der Waals surface area (Å²) >= 11 is 0. The lowest BCUT2D eigenvalue weighted by Crippen LogP contribution is -2.13. The molecule has 0 atom stereocenters. The van der Waals surface area contributed by atoms with E-state index in [9.17, 15) is 8.78 Å². The van der Waals surface area contributed by atoms with E-state index in [2.05, 4.69) is 10.2 Å². The molecular formula is C12H12F2N3O. The minimum atomic E-state index is -1.54. The molecule has 0 aliphatic carbocycles. The molecule has 1 heterocycles. The number of rotatable bonds is 3. The van der Waals surface area contributed by atoms with E-state index in [0.29, 0.717) is 11.1 Å². The van der Waals surface area contributed by atoms with Gasteiger partial charge in [-0.3, -0.25) is 0 Å². The molecule has 2 N–H and O–H groups in total. The highest BCUT2D eigenvalue weighted by molar-refractivity contribution is 5.56. The lowest BCUT2D eigenvalue weighted by Gasteiger charge is -2.13. The van der Waals surface area contributed by atoms with E-state index in [-0.39, 0.29) is 11.9 Å². The lowest BCUT2D eigenvalue weighted by molar-refractivity contribution is 0.268. The largest absolute Gasteiger partial charge is 0.404 e. The van der Waals surface area contributed by atoms with Gasteiger partial charge in [0, 0.05) is 12.0 Å². The fourth-order valence-corrected chi connectivity index (χ4v) is 1.57. The maximum absolute atomic E-state index is 13.5. The SMILES string of the molecule is CC(C)(F)[CH]c1cc(F)cc(-c2nnc(N)o2)c1. The molecule has 2 aromatic rings. The Hall–Kier alpha value is -1.98. The summed E-state index contributed by atoms with van der Waals surface area (Å²) < 4.78 is 31.9. The number of aromatic nitrogens is 2. The van der Waals surface area contributed by atoms with Crippen LogP contribution in [-0.4, -0.2) is 15.9 Å². The van der Waals surface area contributed by atoms with Gasteiger partial charge in [-0.2, -0.15) is 0 Å². The third-order valence-electron chi connectivity index (χ3n) is 2.12. The Morgan fingerprint density at radius 1 is 1.28 bits per heavy atom. The first-order valence-electron chi connectivity index (χ1n) is 5.28. The molecule has 0 amide bonds. The Bertz CT molecular complexity index is 561. The van der Waals surface area contributed by atoms with Crippen molar-refractivity contribution in [2.24, 2.45) is 0 Å². The van der Waals surface area contributed by atoms with Crippen molar-refractivity contribution in [1.82, 2.24) is 10.2 Å². The number of alkyl halides is 1. The Kier molecular flexibility index (Phi) is 3.02. The fraction of sp³-hybridized carbons (Fsp3) is 0.250. The van der Waals surface area contributed by atoms with Gasteiger partial charge in [-0.15, -0.1) is 5.10 Å². The number of hydrogen-bond donors (Lipinski definition) is 1. The Morgan fingerprint density at radius 2 is 2.00 bits per heavy atom. The number of benzene rings is 1. The van der Waals surface area contributed by atoms with Gasteiger partial charge in [0.2, 0.25) is 5.89 Å². The van der Waals surface area contributed by atoms with Crippen molar-refractivity contribution >= 4 is 6.01 Å². The Morgan fingerprint density at radius 3 is 2.56 bits per heavy atom. The zero-order valence-electron chi connectivity index (χ0n) is 9.95. The summed E-state index contributed by atoms with van der Waals surface area (Å²) in [6, 6.07) is 3.89. The second kappa shape index (κ2) is 4.36. The molecule has 0 spiro atoms. The molecule has 1 aromatic heterocycles. The van der Waals surface area contributed by atoms with Crippen molar-refractivity contribution in [3.63, 3.8) is 0 Å². The van der Waals surface area contributed by atoms with Gasteiger partial charge in [-0.1, -0.05) is 5.10 Å². The van der Waals surface area contributed by atoms with Crippen LogP contribution < -0.4 is 5.73 Å². The number of halogens is 2. The first-order valence-corrected chi connectivity index (χ1v) is 5.28. The van der Waals surface area contributed by atoms with Crippen LogP contribution in [0, 0.1) is 12.2 Å². The van der Waals surface area contributed by atoms with E-state index < -0.39 is 11.5 Å². The van der Waals surface area contributed by atoms with Crippen LogP contribution in [0.2, 0.25) is 0 Å². The van der Waals surface area contributed by atoms with Crippen molar-refractivity contribution in [2.75, 3.05) is 5.73 Å². The van der Waals surface area contributed by atoms with Crippen molar-refractivity contribution < 1.29 is 13.2 Å². The van der Waals surface area contributed by atoms with Crippen molar-refractivity contribution in [1.29, 1.82) is 0 Å². The monoisotopic (exact) mass is 252 g/mol.